The highest BCUT2D eigenvalue weighted by Crippen LogP contribution is 2.35. The summed E-state index contributed by atoms with van der Waals surface area (Å²) < 4.78 is 42.4. The number of halogens is 3. The molecule has 7 rings (SSSR count). The van der Waals surface area contributed by atoms with Crippen LogP contribution >= 0.6 is 0 Å². The lowest BCUT2D eigenvalue weighted by Gasteiger charge is -2.16. The third-order valence-corrected chi connectivity index (χ3v) is 8.56. The zero-order valence-corrected chi connectivity index (χ0v) is 27.1. The van der Waals surface area contributed by atoms with Gasteiger partial charge >= 0.3 is 0 Å². The van der Waals surface area contributed by atoms with E-state index in [4.69, 9.17) is 15.0 Å². The molecule has 0 radical (unpaired) electrons. The SMILES string of the molecule is Cc1ccc(-c2cc3c(=C(C#N)C#N)c4nc(-c5ccc(F)cc5)c(-c5ccc(F)cc5)nc4c(=C(C#N)C#N)c3nc2-c2ccc(F)cc2)cc1. The van der Waals surface area contributed by atoms with Gasteiger partial charge in [-0.2, -0.15) is 21.0 Å². The average molecular weight is 680 g/mol. The summed E-state index contributed by atoms with van der Waals surface area (Å²) in [5, 5.41) is 41.5. The molecule has 0 atom stereocenters. The Kier molecular flexibility index (Phi) is 8.43. The monoisotopic (exact) mass is 679 g/mol. The molecule has 0 spiro atoms. The van der Waals surface area contributed by atoms with Crippen molar-refractivity contribution in [2.75, 3.05) is 0 Å². The van der Waals surface area contributed by atoms with Crippen LogP contribution in [0, 0.1) is 69.7 Å². The van der Waals surface area contributed by atoms with Crippen molar-refractivity contribution in [2.24, 2.45) is 0 Å². The van der Waals surface area contributed by atoms with E-state index in [-0.39, 0.29) is 54.9 Å². The van der Waals surface area contributed by atoms with E-state index in [1.54, 1.807) is 18.2 Å². The molecule has 0 N–H and O–H groups in total. The Morgan fingerprint density at radius 1 is 0.462 bits per heavy atom. The van der Waals surface area contributed by atoms with Crippen LogP contribution in [-0.4, -0.2) is 15.0 Å². The summed E-state index contributed by atoms with van der Waals surface area (Å²) in [4.78, 5) is 14.9. The maximum atomic E-state index is 14.1. The van der Waals surface area contributed by atoms with Crippen molar-refractivity contribution >= 4 is 33.1 Å². The van der Waals surface area contributed by atoms with E-state index >= 15 is 0 Å². The molecule has 0 aliphatic heterocycles. The molecule has 7 nitrogen and oxygen atoms in total. The van der Waals surface area contributed by atoms with E-state index in [9.17, 15) is 34.2 Å². The first-order chi connectivity index (χ1) is 25.2. The third kappa shape index (κ3) is 5.73. The Morgan fingerprint density at radius 2 is 0.827 bits per heavy atom. The minimum atomic E-state index is -0.511. The molecule has 0 aliphatic carbocycles. The van der Waals surface area contributed by atoms with Gasteiger partial charge < -0.3 is 0 Å². The fourth-order valence-electron chi connectivity index (χ4n) is 6.08. The van der Waals surface area contributed by atoms with Gasteiger partial charge in [-0.3, -0.25) is 0 Å². The van der Waals surface area contributed by atoms with Crippen molar-refractivity contribution in [3.8, 4) is 69.2 Å². The number of benzene rings is 5. The van der Waals surface area contributed by atoms with Gasteiger partial charge in [0.25, 0.3) is 0 Å². The predicted octanol–water partition coefficient (Wildman–Crippen LogP) is 7.97. The van der Waals surface area contributed by atoms with Crippen molar-refractivity contribution in [3.63, 3.8) is 0 Å². The van der Waals surface area contributed by atoms with E-state index in [1.165, 1.54) is 60.7 Å². The maximum Gasteiger partial charge on any atom is 0.141 e. The van der Waals surface area contributed by atoms with Crippen LogP contribution in [0.15, 0.2) is 103 Å². The molecule has 52 heavy (non-hydrogen) atoms. The highest BCUT2D eigenvalue weighted by molar-refractivity contribution is 6.05. The third-order valence-electron chi connectivity index (χ3n) is 8.56. The van der Waals surface area contributed by atoms with E-state index < -0.39 is 17.5 Å². The number of fused-ring (bicyclic) bond motifs is 2. The molecule has 244 valence electrons. The van der Waals surface area contributed by atoms with E-state index in [0.29, 0.717) is 33.5 Å². The largest absolute Gasteiger partial charge is 0.246 e. The van der Waals surface area contributed by atoms with Gasteiger partial charge in [-0.15, -0.1) is 0 Å². The van der Waals surface area contributed by atoms with Gasteiger partial charge in [0.1, 0.15) is 63.9 Å². The van der Waals surface area contributed by atoms with Gasteiger partial charge in [-0.25, -0.2) is 28.1 Å². The minimum absolute atomic E-state index is 0.0000232. The number of nitrogens with zero attached hydrogens (tertiary/aromatic N) is 7. The van der Waals surface area contributed by atoms with Crippen molar-refractivity contribution in [3.05, 3.63) is 137 Å². The van der Waals surface area contributed by atoms with Crippen LogP contribution in [-0.2, 0) is 0 Å². The number of rotatable bonds is 4. The lowest BCUT2D eigenvalue weighted by Crippen LogP contribution is -2.23. The molecule has 0 amide bonds. The molecule has 0 saturated carbocycles. The molecule has 0 bridgehead atoms. The van der Waals surface area contributed by atoms with Crippen molar-refractivity contribution in [1.29, 1.82) is 21.0 Å². The topological polar surface area (TPSA) is 134 Å². The van der Waals surface area contributed by atoms with Crippen LogP contribution in [0.3, 0.4) is 0 Å². The number of aromatic nitrogens is 3. The summed E-state index contributed by atoms with van der Waals surface area (Å²) in [7, 11) is 0. The Morgan fingerprint density at radius 3 is 1.27 bits per heavy atom. The fourth-order valence-corrected chi connectivity index (χ4v) is 6.08. The van der Waals surface area contributed by atoms with Crippen LogP contribution < -0.4 is 10.4 Å². The lowest BCUT2D eigenvalue weighted by atomic mass is 9.93. The Bertz CT molecular complexity index is 2500. The smallest absolute Gasteiger partial charge is 0.141 e. The molecule has 10 heteroatoms. The number of hydrogen-bond donors (Lipinski definition) is 0. The number of pyridine rings is 1. The molecule has 7 aromatic rings. The van der Waals surface area contributed by atoms with Gasteiger partial charge in [0.2, 0.25) is 0 Å². The molecule has 0 aliphatic rings. The Hall–Kier alpha value is -7.66. The van der Waals surface area contributed by atoms with Crippen LogP contribution in [0.4, 0.5) is 13.2 Å². The molecule has 2 aromatic heterocycles. The number of aryl methyl sites for hydroxylation is 1. The maximum absolute atomic E-state index is 14.1. The number of hydrogen-bond acceptors (Lipinski definition) is 7. The first-order valence-electron chi connectivity index (χ1n) is 15.7. The zero-order valence-electron chi connectivity index (χ0n) is 27.1. The first-order valence-corrected chi connectivity index (χ1v) is 15.7. The zero-order chi connectivity index (χ0) is 36.5. The second-order valence-corrected chi connectivity index (χ2v) is 11.7. The van der Waals surface area contributed by atoms with Crippen molar-refractivity contribution < 1.29 is 13.2 Å². The summed E-state index contributed by atoms with van der Waals surface area (Å²) in [5.74, 6) is -1.49. The highest BCUT2D eigenvalue weighted by atomic mass is 19.1. The quantitative estimate of drug-likeness (QED) is 0.172. The van der Waals surface area contributed by atoms with Crippen molar-refractivity contribution in [2.45, 2.75) is 6.92 Å². The second-order valence-electron chi connectivity index (χ2n) is 11.7. The molecule has 0 saturated heterocycles. The van der Waals surface area contributed by atoms with E-state index in [2.05, 4.69) is 0 Å². The first kappa shape index (κ1) is 32.9. The fraction of sp³-hybridized carbons (Fsp3) is 0.0238. The highest BCUT2D eigenvalue weighted by Gasteiger charge is 2.23. The Labute approximate surface area is 294 Å². The van der Waals surface area contributed by atoms with E-state index in [0.717, 1.165) is 5.56 Å². The van der Waals surface area contributed by atoms with Crippen LogP contribution in [0.5, 0.6) is 0 Å². The molecule has 0 fully saturated rings. The van der Waals surface area contributed by atoms with Crippen molar-refractivity contribution in [1.82, 2.24) is 15.0 Å². The van der Waals surface area contributed by atoms with Crippen LogP contribution in [0.25, 0.3) is 78.0 Å². The van der Waals surface area contributed by atoms with Gasteiger partial charge in [-0.1, -0.05) is 29.8 Å². The molecule has 0 unspecified atom stereocenters. The minimum Gasteiger partial charge on any atom is -0.246 e. The summed E-state index contributed by atoms with van der Waals surface area (Å²) in [6.07, 6.45) is 0. The summed E-state index contributed by atoms with van der Waals surface area (Å²) in [6, 6.07) is 33.5. The standard InChI is InChI=1S/C42H20F3N7/c1-23-2-4-24(5-3-23)33-18-34-35(28(19-46)20-47)41-42(36(29(21-48)22-49)40(34)50-37(33)25-6-12-30(43)13-7-25)52-39(27-10-16-32(45)17-11-27)38(51-41)26-8-14-31(44)15-9-26/h2-18H,1H3. The normalized spacial score (nSPS) is 10.6. The van der Waals surface area contributed by atoms with Gasteiger partial charge in [0.05, 0.1) is 27.8 Å². The number of nitriles is 4. The van der Waals surface area contributed by atoms with Gasteiger partial charge in [0, 0.05) is 32.9 Å². The summed E-state index contributed by atoms with van der Waals surface area (Å²) >= 11 is 0. The Balaban J connectivity index is 1.79. The van der Waals surface area contributed by atoms with Crippen LogP contribution in [0.1, 0.15) is 5.56 Å². The van der Waals surface area contributed by atoms with Crippen LogP contribution in [0.2, 0.25) is 0 Å². The lowest BCUT2D eigenvalue weighted by molar-refractivity contribution is 0.627. The second kappa shape index (κ2) is 13.3. The molecular weight excluding hydrogens is 660 g/mol. The van der Waals surface area contributed by atoms with E-state index in [1.807, 2.05) is 55.5 Å². The summed E-state index contributed by atoms with van der Waals surface area (Å²) in [5.41, 5.74) is 3.61. The predicted molar refractivity (Wildman–Crippen MR) is 190 cm³/mol. The molecular formula is C42H20F3N7. The molecule has 5 aromatic carbocycles. The average Bonchev–Trinajstić information content (AvgIpc) is 3.16. The van der Waals surface area contributed by atoms with Gasteiger partial charge in [-0.05, 0) is 91.3 Å². The van der Waals surface area contributed by atoms with Gasteiger partial charge in [0.15, 0.2) is 0 Å². The molecule has 2 heterocycles. The summed E-state index contributed by atoms with van der Waals surface area (Å²) in [6.45, 7) is 1.93.